The van der Waals surface area contributed by atoms with Crippen LogP contribution in [0.15, 0.2) is 18.2 Å². The molecule has 1 aromatic carbocycles. The molecule has 0 radical (unpaired) electrons. The summed E-state index contributed by atoms with van der Waals surface area (Å²) < 4.78 is 32.3. The Balaban J connectivity index is 2.57. The van der Waals surface area contributed by atoms with Gasteiger partial charge >= 0.3 is 0 Å². The van der Waals surface area contributed by atoms with Crippen molar-refractivity contribution in [2.45, 2.75) is 6.61 Å². The molecule has 0 saturated heterocycles. The number of methoxy groups -OCH3 is 1. The first-order valence-electron chi connectivity index (χ1n) is 5.32. The van der Waals surface area contributed by atoms with Crippen LogP contribution in [0.1, 0.15) is 10.6 Å². The number of thiazole rings is 1. The zero-order valence-corrected chi connectivity index (χ0v) is 10.9. The minimum absolute atomic E-state index is 0.126. The summed E-state index contributed by atoms with van der Waals surface area (Å²) in [4.78, 5) is 4.47. The lowest BCUT2D eigenvalue weighted by Gasteiger charge is -1.99. The highest BCUT2D eigenvalue weighted by atomic mass is 32.1. The fraction of sp³-hybridized carbons (Fsp3) is 0.167. The Morgan fingerprint density at radius 1 is 1.42 bits per heavy atom. The van der Waals surface area contributed by atoms with Gasteiger partial charge in [0.1, 0.15) is 22.5 Å². The number of nitrogens with one attached hydrogen (secondary N) is 1. The number of aromatic nitrogens is 1. The number of amidine groups is 1. The van der Waals surface area contributed by atoms with Crippen molar-refractivity contribution in [3.05, 3.63) is 40.4 Å². The van der Waals surface area contributed by atoms with Crippen LogP contribution < -0.4 is 5.73 Å². The Kier molecular flexibility index (Phi) is 3.87. The Hall–Kier alpha value is -1.86. The van der Waals surface area contributed by atoms with Crippen molar-refractivity contribution in [3.63, 3.8) is 0 Å². The van der Waals surface area contributed by atoms with E-state index in [-0.39, 0.29) is 23.0 Å². The van der Waals surface area contributed by atoms with Gasteiger partial charge in [0.15, 0.2) is 0 Å². The number of nitrogen functional groups attached to an aromatic ring is 1. The molecule has 0 aliphatic carbocycles. The average molecular weight is 283 g/mol. The smallest absolute Gasteiger partial charge is 0.136 e. The van der Waals surface area contributed by atoms with Crippen molar-refractivity contribution in [1.29, 1.82) is 5.41 Å². The zero-order valence-electron chi connectivity index (χ0n) is 10.0. The standard InChI is InChI=1S/C12H11F2N3OS/c1-18-5-8-10(11(15)16)19-12(17-8)9-6(13)3-2-4-7(9)14/h2-4H,5H2,1H3,(H3,15,16). The van der Waals surface area contributed by atoms with Gasteiger partial charge in [0, 0.05) is 7.11 Å². The van der Waals surface area contributed by atoms with Gasteiger partial charge < -0.3 is 10.5 Å². The molecule has 0 unspecified atom stereocenters. The van der Waals surface area contributed by atoms with E-state index < -0.39 is 11.6 Å². The molecule has 0 bridgehead atoms. The molecule has 100 valence electrons. The number of hydrogen-bond acceptors (Lipinski definition) is 4. The number of benzene rings is 1. The number of halogens is 2. The number of rotatable bonds is 4. The van der Waals surface area contributed by atoms with E-state index in [1.807, 2.05) is 0 Å². The van der Waals surface area contributed by atoms with Gasteiger partial charge in [-0.15, -0.1) is 11.3 Å². The molecule has 0 aliphatic heterocycles. The zero-order chi connectivity index (χ0) is 14.0. The lowest BCUT2D eigenvalue weighted by molar-refractivity contribution is 0.182. The first-order chi connectivity index (χ1) is 9.04. The summed E-state index contributed by atoms with van der Waals surface area (Å²) >= 11 is 0.968. The monoisotopic (exact) mass is 283 g/mol. The highest BCUT2D eigenvalue weighted by Gasteiger charge is 2.19. The van der Waals surface area contributed by atoms with E-state index in [0.29, 0.717) is 10.6 Å². The highest BCUT2D eigenvalue weighted by molar-refractivity contribution is 7.17. The van der Waals surface area contributed by atoms with Crippen LogP contribution >= 0.6 is 11.3 Å². The molecule has 4 nitrogen and oxygen atoms in total. The van der Waals surface area contributed by atoms with Crippen molar-refractivity contribution < 1.29 is 13.5 Å². The number of ether oxygens (including phenoxy) is 1. The second-order valence-corrected chi connectivity index (χ2v) is 4.74. The molecule has 19 heavy (non-hydrogen) atoms. The van der Waals surface area contributed by atoms with Crippen LogP contribution in [0.5, 0.6) is 0 Å². The Labute approximate surface area is 112 Å². The predicted octanol–water partition coefficient (Wildman–Crippen LogP) is 2.52. The van der Waals surface area contributed by atoms with Crippen LogP contribution in [-0.2, 0) is 11.3 Å². The molecule has 1 heterocycles. The highest BCUT2D eigenvalue weighted by Crippen LogP contribution is 2.32. The first-order valence-corrected chi connectivity index (χ1v) is 6.13. The minimum Gasteiger partial charge on any atom is -0.383 e. The van der Waals surface area contributed by atoms with Gasteiger partial charge in [0.25, 0.3) is 0 Å². The fourth-order valence-corrected chi connectivity index (χ4v) is 2.58. The maximum absolute atomic E-state index is 13.7. The van der Waals surface area contributed by atoms with Crippen molar-refractivity contribution >= 4 is 17.2 Å². The summed E-state index contributed by atoms with van der Waals surface area (Å²) in [7, 11) is 1.46. The SMILES string of the molecule is COCc1nc(-c2c(F)cccc2F)sc1C(=N)N. The first kappa shape index (κ1) is 13.6. The molecule has 7 heteroatoms. The number of nitrogens with zero attached hydrogens (tertiary/aromatic N) is 1. The van der Waals surface area contributed by atoms with E-state index in [0.717, 1.165) is 23.5 Å². The van der Waals surface area contributed by atoms with Crippen LogP contribution in [0.2, 0.25) is 0 Å². The second kappa shape index (κ2) is 5.41. The number of nitrogens with two attached hydrogens (primary N) is 1. The van der Waals surface area contributed by atoms with Gasteiger partial charge in [-0.05, 0) is 12.1 Å². The summed E-state index contributed by atoms with van der Waals surface area (Å²) in [6.45, 7) is 0.126. The average Bonchev–Trinajstić information content (AvgIpc) is 2.73. The Morgan fingerprint density at radius 2 is 2.05 bits per heavy atom. The third kappa shape index (κ3) is 2.61. The third-order valence-electron chi connectivity index (χ3n) is 2.40. The van der Waals surface area contributed by atoms with E-state index in [1.54, 1.807) is 0 Å². The molecule has 0 atom stereocenters. The van der Waals surface area contributed by atoms with Gasteiger partial charge in [0.2, 0.25) is 0 Å². The molecular weight excluding hydrogens is 272 g/mol. The molecule has 2 rings (SSSR count). The van der Waals surface area contributed by atoms with Crippen LogP contribution in [-0.4, -0.2) is 17.9 Å². The molecule has 0 aliphatic rings. The van der Waals surface area contributed by atoms with Crippen molar-refractivity contribution in [2.75, 3.05) is 7.11 Å². The summed E-state index contributed by atoms with van der Waals surface area (Å²) in [6.07, 6.45) is 0. The molecule has 3 N–H and O–H groups in total. The molecular formula is C12H11F2N3OS. The maximum atomic E-state index is 13.7. The summed E-state index contributed by atoms with van der Waals surface area (Å²) in [5, 5.41) is 7.59. The van der Waals surface area contributed by atoms with Gasteiger partial charge in [0.05, 0.1) is 22.7 Å². The molecule has 0 amide bonds. The van der Waals surface area contributed by atoms with Gasteiger partial charge in [-0.2, -0.15) is 0 Å². The molecule has 0 fully saturated rings. The summed E-state index contributed by atoms with van der Waals surface area (Å²) in [5.41, 5.74) is 5.61. The Morgan fingerprint density at radius 3 is 2.58 bits per heavy atom. The lowest BCUT2D eigenvalue weighted by atomic mass is 10.2. The fourth-order valence-electron chi connectivity index (χ4n) is 1.61. The predicted molar refractivity (Wildman–Crippen MR) is 69.2 cm³/mol. The van der Waals surface area contributed by atoms with Crippen LogP contribution in [0, 0.1) is 17.0 Å². The maximum Gasteiger partial charge on any atom is 0.136 e. The second-order valence-electron chi connectivity index (χ2n) is 3.74. The topological polar surface area (TPSA) is 72.0 Å². The minimum atomic E-state index is -0.701. The van der Waals surface area contributed by atoms with E-state index in [1.165, 1.54) is 13.2 Å². The van der Waals surface area contributed by atoms with Crippen molar-refractivity contribution in [3.8, 4) is 10.6 Å². The van der Waals surface area contributed by atoms with Gasteiger partial charge in [-0.25, -0.2) is 13.8 Å². The summed E-state index contributed by atoms with van der Waals surface area (Å²) in [6, 6.07) is 3.59. The normalized spacial score (nSPS) is 10.7. The molecule has 1 aromatic heterocycles. The van der Waals surface area contributed by atoms with E-state index in [4.69, 9.17) is 15.9 Å². The van der Waals surface area contributed by atoms with Crippen molar-refractivity contribution in [1.82, 2.24) is 4.98 Å². The van der Waals surface area contributed by atoms with Crippen LogP contribution in [0.4, 0.5) is 8.78 Å². The number of hydrogen-bond donors (Lipinski definition) is 2. The van der Waals surface area contributed by atoms with Crippen LogP contribution in [0.3, 0.4) is 0 Å². The van der Waals surface area contributed by atoms with E-state index in [9.17, 15) is 8.78 Å². The molecule has 0 saturated carbocycles. The van der Waals surface area contributed by atoms with E-state index in [2.05, 4.69) is 4.98 Å². The van der Waals surface area contributed by atoms with Gasteiger partial charge in [-0.3, -0.25) is 5.41 Å². The summed E-state index contributed by atoms with van der Waals surface area (Å²) in [5.74, 6) is -1.60. The molecule has 2 aromatic rings. The molecule has 0 spiro atoms. The van der Waals surface area contributed by atoms with Gasteiger partial charge in [-0.1, -0.05) is 6.07 Å². The third-order valence-corrected chi connectivity index (χ3v) is 3.55. The van der Waals surface area contributed by atoms with E-state index >= 15 is 0 Å². The van der Waals surface area contributed by atoms with Crippen molar-refractivity contribution in [2.24, 2.45) is 5.73 Å². The quantitative estimate of drug-likeness (QED) is 0.669. The Bertz CT molecular complexity index is 607. The van der Waals surface area contributed by atoms with Crippen LogP contribution in [0.25, 0.3) is 10.6 Å². The lowest BCUT2D eigenvalue weighted by Crippen LogP contribution is -2.11. The largest absolute Gasteiger partial charge is 0.383 e.